The number of carbonyl (C=O) groups excluding carboxylic acids is 1. The fourth-order valence-electron chi connectivity index (χ4n) is 2.45. The molecule has 0 aliphatic heterocycles. The van der Waals surface area contributed by atoms with Crippen LogP contribution in [0.2, 0.25) is 0 Å². The van der Waals surface area contributed by atoms with E-state index in [0.717, 1.165) is 5.56 Å². The van der Waals surface area contributed by atoms with E-state index in [2.05, 4.69) is 11.2 Å². The van der Waals surface area contributed by atoms with Gasteiger partial charge in [-0.2, -0.15) is 5.26 Å². The number of ether oxygens (including phenoxy) is 2. The monoisotopic (exact) mass is 362 g/mol. The third-order valence-corrected chi connectivity index (χ3v) is 3.89. The van der Waals surface area contributed by atoms with Crippen LogP contribution in [0.15, 0.2) is 53.1 Å². The van der Waals surface area contributed by atoms with Crippen LogP contribution in [0.4, 0.5) is 0 Å². The number of nitrogens with zero attached hydrogens (tertiary/aromatic N) is 2. The lowest BCUT2D eigenvalue weighted by atomic mass is 10.1. The van der Waals surface area contributed by atoms with Crippen molar-refractivity contribution in [3.63, 3.8) is 0 Å². The second kappa shape index (κ2) is 8.19. The summed E-state index contributed by atoms with van der Waals surface area (Å²) in [6, 6.07) is 16.7. The molecule has 0 spiro atoms. The third kappa shape index (κ3) is 4.33. The van der Waals surface area contributed by atoms with Gasteiger partial charge >= 0.3 is 5.97 Å². The number of hydrogen-bond acceptors (Lipinski definition) is 6. The Hall–Kier alpha value is -3.59. The number of rotatable bonds is 6. The zero-order valence-electron chi connectivity index (χ0n) is 15.1. The molecule has 0 saturated carbocycles. The molecule has 3 rings (SSSR count). The van der Waals surface area contributed by atoms with Gasteiger partial charge in [-0.05, 0) is 37.6 Å². The maximum Gasteiger partial charge on any atom is 0.360 e. The molecule has 6 nitrogen and oxygen atoms in total. The quantitative estimate of drug-likeness (QED) is 0.609. The Morgan fingerprint density at radius 1 is 1.19 bits per heavy atom. The summed E-state index contributed by atoms with van der Waals surface area (Å²) in [5.74, 6) is 0.303. The van der Waals surface area contributed by atoms with Gasteiger partial charge in [0.05, 0.1) is 12.2 Å². The Morgan fingerprint density at radius 2 is 1.96 bits per heavy atom. The Labute approximate surface area is 156 Å². The smallest absolute Gasteiger partial charge is 0.360 e. The molecule has 136 valence electrons. The molecule has 2 aromatic carbocycles. The van der Waals surface area contributed by atoms with Crippen molar-refractivity contribution in [3.8, 4) is 23.1 Å². The Morgan fingerprint density at radius 3 is 2.67 bits per heavy atom. The Kier molecular flexibility index (Phi) is 5.53. The summed E-state index contributed by atoms with van der Waals surface area (Å²) < 4.78 is 15.9. The lowest BCUT2D eigenvalue weighted by molar-refractivity contribution is 0.0514. The predicted octanol–water partition coefficient (Wildman–Crippen LogP) is 4.28. The summed E-state index contributed by atoms with van der Waals surface area (Å²) >= 11 is 0. The van der Waals surface area contributed by atoms with Gasteiger partial charge in [0.25, 0.3) is 0 Å². The molecule has 0 aliphatic carbocycles. The van der Waals surface area contributed by atoms with E-state index in [0.29, 0.717) is 29.2 Å². The minimum absolute atomic E-state index is 0.0880. The van der Waals surface area contributed by atoms with E-state index in [9.17, 15) is 10.1 Å². The van der Waals surface area contributed by atoms with Crippen molar-refractivity contribution in [2.45, 2.75) is 20.5 Å². The van der Waals surface area contributed by atoms with E-state index in [4.69, 9.17) is 14.0 Å². The summed E-state index contributed by atoms with van der Waals surface area (Å²) in [5.41, 5.74) is 3.27. The highest BCUT2D eigenvalue weighted by molar-refractivity contribution is 5.88. The second-order valence-electron chi connectivity index (χ2n) is 5.89. The summed E-state index contributed by atoms with van der Waals surface area (Å²) in [5, 5.41) is 13.1. The zero-order chi connectivity index (χ0) is 19.2. The molecule has 0 aliphatic rings. The molecule has 0 fully saturated rings. The van der Waals surface area contributed by atoms with Crippen LogP contribution in [-0.2, 0) is 11.3 Å². The standard InChI is InChI=1S/C21H18N2O4/c1-3-25-21(24)18-11-20(27-23-18)16-8-9-19(17(10-16)12-22)26-13-15-6-4-14(2)5-7-15/h4-11H,3,13H2,1-2H3. The second-order valence-corrected chi connectivity index (χ2v) is 5.89. The molecule has 3 aromatic rings. The molecule has 0 amide bonds. The van der Waals surface area contributed by atoms with Gasteiger partial charge in [-0.1, -0.05) is 35.0 Å². The van der Waals surface area contributed by atoms with Crippen molar-refractivity contribution in [3.05, 3.63) is 70.9 Å². The largest absolute Gasteiger partial charge is 0.488 e. The lowest BCUT2D eigenvalue weighted by Gasteiger charge is -2.09. The van der Waals surface area contributed by atoms with Gasteiger partial charge < -0.3 is 14.0 Å². The maximum atomic E-state index is 11.7. The molecule has 27 heavy (non-hydrogen) atoms. The zero-order valence-corrected chi connectivity index (χ0v) is 15.1. The van der Waals surface area contributed by atoms with Crippen LogP contribution in [0.5, 0.6) is 5.75 Å². The van der Waals surface area contributed by atoms with E-state index in [1.807, 2.05) is 31.2 Å². The molecule has 0 N–H and O–H groups in total. The minimum Gasteiger partial charge on any atom is -0.488 e. The number of nitriles is 1. The van der Waals surface area contributed by atoms with E-state index in [1.165, 1.54) is 11.6 Å². The number of carbonyl (C=O) groups is 1. The average molecular weight is 362 g/mol. The lowest BCUT2D eigenvalue weighted by Crippen LogP contribution is -2.04. The maximum absolute atomic E-state index is 11.7. The molecule has 0 radical (unpaired) electrons. The summed E-state index contributed by atoms with van der Waals surface area (Å²) in [6.45, 7) is 4.36. The van der Waals surface area contributed by atoms with Crippen LogP contribution in [0, 0.1) is 18.3 Å². The Balaban J connectivity index is 1.77. The first-order valence-corrected chi connectivity index (χ1v) is 8.47. The first-order valence-electron chi connectivity index (χ1n) is 8.47. The van der Waals surface area contributed by atoms with Crippen molar-refractivity contribution < 1.29 is 18.8 Å². The molecule has 0 saturated heterocycles. The third-order valence-electron chi connectivity index (χ3n) is 3.89. The normalized spacial score (nSPS) is 10.3. The van der Waals surface area contributed by atoms with Gasteiger partial charge in [-0.15, -0.1) is 0 Å². The highest BCUT2D eigenvalue weighted by Crippen LogP contribution is 2.27. The first-order chi connectivity index (χ1) is 13.1. The van der Waals surface area contributed by atoms with Crippen LogP contribution in [0.1, 0.15) is 34.1 Å². The molecule has 0 bridgehead atoms. The van der Waals surface area contributed by atoms with Crippen molar-refractivity contribution in [1.82, 2.24) is 5.16 Å². The molecule has 1 heterocycles. The van der Waals surface area contributed by atoms with Crippen LogP contribution in [-0.4, -0.2) is 17.7 Å². The SMILES string of the molecule is CCOC(=O)c1cc(-c2ccc(OCc3ccc(C)cc3)c(C#N)c2)on1. The number of aromatic nitrogens is 1. The van der Waals surface area contributed by atoms with E-state index < -0.39 is 5.97 Å². The van der Waals surface area contributed by atoms with Gasteiger partial charge in [-0.3, -0.25) is 0 Å². The van der Waals surface area contributed by atoms with Crippen molar-refractivity contribution in [1.29, 1.82) is 5.26 Å². The number of aryl methyl sites for hydroxylation is 1. The van der Waals surface area contributed by atoms with Crippen LogP contribution in [0.25, 0.3) is 11.3 Å². The fourth-order valence-corrected chi connectivity index (χ4v) is 2.45. The first kappa shape index (κ1) is 18.2. The van der Waals surface area contributed by atoms with Crippen LogP contribution >= 0.6 is 0 Å². The predicted molar refractivity (Wildman–Crippen MR) is 98.1 cm³/mol. The Bertz CT molecular complexity index is 984. The van der Waals surface area contributed by atoms with E-state index >= 15 is 0 Å². The molecular formula is C21H18N2O4. The van der Waals surface area contributed by atoms with Crippen molar-refractivity contribution in [2.24, 2.45) is 0 Å². The number of esters is 1. The average Bonchev–Trinajstić information content (AvgIpc) is 3.18. The van der Waals surface area contributed by atoms with Crippen LogP contribution in [0.3, 0.4) is 0 Å². The number of hydrogen-bond donors (Lipinski definition) is 0. The highest BCUT2D eigenvalue weighted by Gasteiger charge is 2.16. The van der Waals surface area contributed by atoms with Crippen LogP contribution < -0.4 is 4.74 Å². The molecule has 6 heteroatoms. The van der Waals surface area contributed by atoms with Crippen molar-refractivity contribution in [2.75, 3.05) is 6.61 Å². The summed E-state index contributed by atoms with van der Waals surface area (Å²) in [4.78, 5) is 11.7. The summed E-state index contributed by atoms with van der Waals surface area (Å²) in [7, 11) is 0. The van der Waals surface area contributed by atoms with Gasteiger partial charge in [0.15, 0.2) is 11.5 Å². The van der Waals surface area contributed by atoms with E-state index in [-0.39, 0.29) is 12.3 Å². The molecule has 1 aromatic heterocycles. The minimum atomic E-state index is -0.550. The van der Waals surface area contributed by atoms with Crippen molar-refractivity contribution >= 4 is 5.97 Å². The number of benzene rings is 2. The topological polar surface area (TPSA) is 85.4 Å². The highest BCUT2D eigenvalue weighted by atomic mass is 16.5. The molecular weight excluding hydrogens is 344 g/mol. The molecule has 0 atom stereocenters. The van der Waals surface area contributed by atoms with Gasteiger partial charge in [0.2, 0.25) is 0 Å². The molecule has 0 unspecified atom stereocenters. The summed E-state index contributed by atoms with van der Waals surface area (Å²) in [6.07, 6.45) is 0. The fraction of sp³-hybridized carbons (Fsp3) is 0.190. The van der Waals surface area contributed by atoms with Gasteiger partial charge in [-0.25, -0.2) is 4.79 Å². The van der Waals surface area contributed by atoms with Gasteiger partial charge in [0.1, 0.15) is 18.4 Å². The van der Waals surface area contributed by atoms with Gasteiger partial charge in [0, 0.05) is 11.6 Å². The van der Waals surface area contributed by atoms with E-state index in [1.54, 1.807) is 25.1 Å².